The molecule has 0 aromatic heterocycles. The Labute approximate surface area is 158 Å². The number of hydrogen-bond donors (Lipinski definition) is 2. The molecular weight excluding hydrogens is 378 g/mol. The van der Waals surface area contributed by atoms with Crippen LogP contribution in [-0.2, 0) is 14.3 Å². The van der Waals surface area contributed by atoms with Crippen molar-refractivity contribution in [2.45, 2.75) is 6.92 Å². The molecule has 9 nitrogen and oxygen atoms in total. The van der Waals surface area contributed by atoms with E-state index in [0.717, 1.165) is 12.1 Å². The number of benzene rings is 2. The first-order valence-corrected chi connectivity index (χ1v) is 7.92. The van der Waals surface area contributed by atoms with Crippen LogP contribution in [0.1, 0.15) is 17.3 Å². The fraction of sp³-hybridized carbons (Fsp3) is 0.118. The van der Waals surface area contributed by atoms with E-state index >= 15 is 0 Å². The van der Waals surface area contributed by atoms with Gasteiger partial charge in [-0.05, 0) is 30.3 Å². The zero-order chi connectivity index (χ0) is 20.0. The molecule has 2 N–H and O–H groups in total. The minimum atomic E-state index is -1.05. The predicted octanol–water partition coefficient (Wildman–Crippen LogP) is 3.00. The maximum absolute atomic E-state index is 12.0. The number of nitrogens with zero attached hydrogens (tertiary/aromatic N) is 1. The van der Waals surface area contributed by atoms with Gasteiger partial charge in [-0.1, -0.05) is 17.7 Å². The van der Waals surface area contributed by atoms with Crippen molar-refractivity contribution in [3.8, 4) is 0 Å². The lowest BCUT2D eigenvalue weighted by Crippen LogP contribution is -2.21. The predicted molar refractivity (Wildman–Crippen MR) is 97.8 cm³/mol. The Morgan fingerprint density at radius 3 is 2.41 bits per heavy atom. The van der Waals surface area contributed by atoms with E-state index in [1.54, 1.807) is 18.2 Å². The fourth-order valence-corrected chi connectivity index (χ4v) is 2.29. The lowest BCUT2D eigenvalue weighted by atomic mass is 10.2. The second-order valence-electron chi connectivity index (χ2n) is 5.30. The Kier molecular flexibility index (Phi) is 6.45. The van der Waals surface area contributed by atoms with Gasteiger partial charge in [0, 0.05) is 29.4 Å². The summed E-state index contributed by atoms with van der Waals surface area (Å²) in [6.07, 6.45) is 0. The van der Waals surface area contributed by atoms with Crippen LogP contribution in [0.5, 0.6) is 0 Å². The molecule has 0 aliphatic heterocycles. The van der Waals surface area contributed by atoms with Gasteiger partial charge in [-0.2, -0.15) is 0 Å². The maximum atomic E-state index is 12.0. The van der Waals surface area contributed by atoms with Crippen LogP contribution < -0.4 is 10.6 Å². The van der Waals surface area contributed by atoms with Crippen LogP contribution in [0, 0.1) is 10.1 Å². The highest BCUT2D eigenvalue weighted by Gasteiger charge is 2.22. The van der Waals surface area contributed by atoms with Crippen molar-refractivity contribution in [3.63, 3.8) is 0 Å². The average Bonchev–Trinajstić information content (AvgIpc) is 2.59. The van der Waals surface area contributed by atoms with Crippen LogP contribution in [0.3, 0.4) is 0 Å². The number of carbonyl (C=O) groups excluding carboxylic acids is 3. The molecule has 0 saturated carbocycles. The summed E-state index contributed by atoms with van der Waals surface area (Å²) in [4.78, 5) is 45.2. The van der Waals surface area contributed by atoms with Crippen molar-refractivity contribution in [1.82, 2.24) is 0 Å². The first kappa shape index (κ1) is 19.9. The maximum Gasteiger partial charge on any atom is 0.345 e. The third-order valence-electron chi connectivity index (χ3n) is 3.18. The number of carbonyl (C=O) groups is 3. The molecule has 0 bridgehead atoms. The summed E-state index contributed by atoms with van der Waals surface area (Å²) in [5.74, 6) is -1.98. The van der Waals surface area contributed by atoms with E-state index in [2.05, 4.69) is 10.6 Å². The van der Waals surface area contributed by atoms with E-state index in [4.69, 9.17) is 16.3 Å². The van der Waals surface area contributed by atoms with Crippen LogP contribution in [0.2, 0.25) is 5.02 Å². The van der Waals surface area contributed by atoms with Gasteiger partial charge in [0.15, 0.2) is 6.61 Å². The van der Waals surface area contributed by atoms with Gasteiger partial charge in [-0.25, -0.2) is 4.79 Å². The quantitative estimate of drug-likeness (QED) is 0.442. The van der Waals surface area contributed by atoms with Crippen LogP contribution in [0.4, 0.5) is 17.1 Å². The highest BCUT2D eigenvalue weighted by Crippen LogP contribution is 2.23. The molecule has 10 heteroatoms. The van der Waals surface area contributed by atoms with Crippen LogP contribution >= 0.6 is 11.6 Å². The number of nitro groups is 1. The lowest BCUT2D eigenvalue weighted by Gasteiger charge is -2.09. The molecule has 0 aliphatic rings. The van der Waals surface area contributed by atoms with Crippen LogP contribution in [0.15, 0.2) is 42.5 Å². The average molecular weight is 392 g/mol. The van der Waals surface area contributed by atoms with Crippen LogP contribution in [-0.4, -0.2) is 29.3 Å². The third kappa shape index (κ3) is 5.79. The van der Waals surface area contributed by atoms with Crippen molar-refractivity contribution in [3.05, 3.63) is 63.2 Å². The van der Waals surface area contributed by atoms with Gasteiger partial charge in [0.1, 0.15) is 5.56 Å². The standard InChI is InChI=1S/C17H14ClN3O6/c1-10(22)19-12-3-2-4-13(8-12)20-16(23)9-27-17(24)14-7-11(18)5-6-15(14)21(25)26/h2-8H,9H2,1H3,(H,19,22)(H,20,23). The molecule has 27 heavy (non-hydrogen) atoms. The van der Waals surface area contributed by atoms with Crippen molar-refractivity contribution < 1.29 is 24.0 Å². The number of rotatable bonds is 6. The summed E-state index contributed by atoms with van der Waals surface area (Å²) in [6, 6.07) is 9.78. The first-order chi connectivity index (χ1) is 12.8. The lowest BCUT2D eigenvalue weighted by molar-refractivity contribution is -0.385. The molecule has 0 unspecified atom stereocenters. The van der Waals surface area contributed by atoms with Gasteiger partial charge in [0.2, 0.25) is 5.91 Å². The summed E-state index contributed by atoms with van der Waals surface area (Å²) in [5.41, 5.74) is 0.0173. The number of amides is 2. The van der Waals surface area contributed by atoms with Gasteiger partial charge in [-0.15, -0.1) is 0 Å². The number of esters is 1. The zero-order valence-corrected chi connectivity index (χ0v) is 14.8. The van der Waals surface area contributed by atoms with E-state index in [0.29, 0.717) is 11.4 Å². The van der Waals surface area contributed by atoms with E-state index < -0.39 is 29.1 Å². The van der Waals surface area contributed by atoms with E-state index in [9.17, 15) is 24.5 Å². The molecule has 0 radical (unpaired) electrons. The molecule has 140 valence electrons. The van der Waals surface area contributed by atoms with Gasteiger partial charge in [0.25, 0.3) is 11.6 Å². The van der Waals surface area contributed by atoms with E-state index in [1.807, 2.05) is 0 Å². The summed E-state index contributed by atoms with van der Waals surface area (Å²) in [7, 11) is 0. The molecule has 0 fully saturated rings. The smallest absolute Gasteiger partial charge is 0.345 e. The Balaban J connectivity index is 2.00. The van der Waals surface area contributed by atoms with E-state index in [1.165, 1.54) is 19.1 Å². The molecule has 2 amide bonds. The number of nitrogens with one attached hydrogen (secondary N) is 2. The minimum Gasteiger partial charge on any atom is -0.452 e. The van der Waals surface area contributed by atoms with Crippen molar-refractivity contribution >= 4 is 46.4 Å². The summed E-state index contributed by atoms with van der Waals surface area (Å²) < 4.78 is 4.82. The van der Waals surface area contributed by atoms with Gasteiger partial charge >= 0.3 is 5.97 Å². The zero-order valence-electron chi connectivity index (χ0n) is 14.0. The number of halogens is 1. The Bertz CT molecular complexity index is 915. The second kappa shape index (κ2) is 8.77. The Hall–Kier alpha value is -3.46. The molecule has 0 heterocycles. The van der Waals surface area contributed by atoms with Crippen molar-refractivity contribution in [2.24, 2.45) is 0 Å². The highest BCUT2D eigenvalue weighted by molar-refractivity contribution is 6.31. The van der Waals surface area contributed by atoms with E-state index in [-0.39, 0.29) is 16.5 Å². The Morgan fingerprint density at radius 1 is 1.11 bits per heavy atom. The Morgan fingerprint density at radius 2 is 1.78 bits per heavy atom. The van der Waals surface area contributed by atoms with Crippen molar-refractivity contribution in [2.75, 3.05) is 17.2 Å². The normalized spacial score (nSPS) is 10.0. The topological polar surface area (TPSA) is 128 Å². The molecule has 2 aromatic rings. The minimum absolute atomic E-state index is 0.117. The summed E-state index contributed by atoms with van der Waals surface area (Å²) in [6.45, 7) is 0.687. The SMILES string of the molecule is CC(=O)Nc1cccc(NC(=O)COC(=O)c2cc(Cl)ccc2[N+](=O)[O-])c1. The number of nitro benzene ring substituents is 1. The third-order valence-corrected chi connectivity index (χ3v) is 3.41. The number of anilines is 2. The van der Waals surface area contributed by atoms with Gasteiger partial charge in [-0.3, -0.25) is 19.7 Å². The highest BCUT2D eigenvalue weighted by atomic mass is 35.5. The number of ether oxygens (including phenoxy) is 1. The van der Waals surface area contributed by atoms with Gasteiger partial charge < -0.3 is 15.4 Å². The fourth-order valence-electron chi connectivity index (χ4n) is 2.11. The molecule has 0 saturated heterocycles. The monoisotopic (exact) mass is 391 g/mol. The first-order valence-electron chi connectivity index (χ1n) is 7.55. The largest absolute Gasteiger partial charge is 0.452 e. The second-order valence-corrected chi connectivity index (χ2v) is 5.74. The molecule has 0 spiro atoms. The molecule has 0 aliphatic carbocycles. The molecule has 0 atom stereocenters. The van der Waals surface area contributed by atoms with Crippen molar-refractivity contribution in [1.29, 1.82) is 0 Å². The summed E-state index contributed by atoms with van der Waals surface area (Å²) in [5, 5.41) is 16.1. The number of hydrogen-bond acceptors (Lipinski definition) is 6. The van der Waals surface area contributed by atoms with Crippen LogP contribution in [0.25, 0.3) is 0 Å². The molecule has 2 rings (SSSR count). The molecule has 2 aromatic carbocycles. The summed E-state index contributed by atoms with van der Waals surface area (Å²) >= 11 is 5.75. The molecular formula is C17H14ClN3O6. The van der Waals surface area contributed by atoms with Gasteiger partial charge in [0.05, 0.1) is 4.92 Å².